The summed E-state index contributed by atoms with van der Waals surface area (Å²) in [4.78, 5) is 36.9. The quantitative estimate of drug-likeness (QED) is 0.498. The Balaban J connectivity index is 3.35. The van der Waals surface area contributed by atoms with Crippen molar-refractivity contribution in [3.05, 3.63) is 38.0 Å². The van der Waals surface area contributed by atoms with Gasteiger partial charge in [0.15, 0.2) is 0 Å². The SMILES string of the molecule is C=CC(=O)N1CNCNC1(C(=O)C=C)C(=O)C=C. The van der Waals surface area contributed by atoms with Gasteiger partial charge in [0.1, 0.15) is 0 Å². The lowest BCUT2D eigenvalue weighted by atomic mass is 9.95. The van der Waals surface area contributed by atoms with Crippen molar-refractivity contribution < 1.29 is 14.4 Å². The van der Waals surface area contributed by atoms with Crippen LogP contribution in [0.25, 0.3) is 0 Å². The lowest BCUT2D eigenvalue weighted by Crippen LogP contribution is -2.75. The Morgan fingerprint density at radius 2 is 1.61 bits per heavy atom. The molecular formula is C12H15N3O3. The van der Waals surface area contributed by atoms with Crippen LogP contribution in [0.4, 0.5) is 0 Å². The van der Waals surface area contributed by atoms with Crippen LogP contribution in [0.1, 0.15) is 0 Å². The first kappa shape index (κ1) is 14.0. The number of amides is 1. The maximum absolute atomic E-state index is 12.0. The van der Waals surface area contributed by atoms with Gasteiger partial charge in [-0.25, -0.2) is 0 Å². The summed E-state index contributed by atoms with van der Waals surface area (Å²) in [5.74, 6) is -1.76. The first-order valence-electron chi connectivity index (χ1n) is 5.28. The Hall–Kier alpha value is -2.05. The zero-order valence-electron chi connectivity index (χ0n) is 9.94. The van der Waals surface area contributed by atoms with E-state index >= 15 is 0 Å². The molecule has 6 heteroatoms. The Kier molecular flexibility index (Phi) is 4.30. The molecule has 96 valence electrons. The number of nitrogens with one attached hydrogen (secondary N) is 2. The topological polar surface area (TPSA) is 78.5 Å². The number of nitrogens with zero attached hydrogens (tertiary/aromatic N) is 1. The third kappa shape index (κ3) is 2.03. The molecule has 0 radical (unpaired) electrons. The second-order valence-corrected chi connectivity index (χ2v) is 3.58. The maximum atomic E-state index is 12.0. The molecule has 1 aliphatic rings. The van der Waals surface area contributed by atoms with E-state index in [0.29, 0.717) is 0 Å². The third-order valence-electron chi connectivity index (χ3n) is 2.67. The van der Waals surface area contributed by atoms with Crippen LogP contribution in [0.2, 0.25) is 0 Å². The van der Waals surface area contributed by atoms with Gasteiger partial charge in [0, 0.05) is 6.67 Å². The van der Waals surface area contributed by atoms with E-state index in [-0.39, 0.29) is 13.3 Å². The van der Waals surface area contributed by atoms with Crippen LogP contribution in [0, 0.1) is 0 Å². The molecule has 0 saturated carbocycles. The molecule has 0 unspecified atom stereocenters. The van der Waals surface area contributed by atoms with Gasteiger partial charge in [-0.05, 0) is 18.2 Å². The van der Waals surface area contributed by atoms with Gasteiger partial charge in [0.05, 0.1) is 6.67 Å². The molecule has 0 aliphatic carbocycles. The summed E-state index contributed by atoms with van der Waals surface area (Å²) in [6.07, 6.45) is 3.04. The Morgan fingerprint density at radius 1 is 1.06 bits per heavy atom. The molecule has 0 spiro atoms. The number of carbonyl (C=O) groups excluding carboxylic acids is 3. The van der Waals surface area contributed by atoms with Gasteiger partial charge in [-0.3, -0.25) is 29.9 Å². The highest BCUT2D eigenvalue weighted by atomic mass is 16.2. The highest BCUT2D eigenvalue weighted by Crippen LogP contribution is 2.19. The van der Waals surface area contributed by atoms with Crippen LogP contribution in [-0.2, 0) is 14.4 Å². The third-order valence-corrected chi connectivity index (χ3v) is 2.67. The number of carbonyl (C=O) groups is 3. The fraction of sp³-hybridized carbons (Fsp3) is 0.250. The number of hydrogen-bond acceptors (Lipinski definition) is 5. The molecule has 0 aromatic rings. The molecular weight excluding hydrogens is 234 g/mol. The van der Waals surface area contributed by atoms with Gasteiger partial charge in [0.25, 0.3) is 0 Å². The van der Waals surface area contributed by atoms with Crippen molar-refractivity contribution in [1.82, 2.24) is 15.5 Å². The smallest absolute Gasteiger partial charge is 0.249 e. The van der Waals surface area contributed by atoms with Crippen molar-refractivity contribution in [2.75, 3.05) is 13.3 Å². The zero-order chi connectivity index (χ0) is 13.8. The van der Waals surface area contributed by atoms with Crippen molar-refractivity contribution in [3.8, 4) is 0 Å². The van der Waals surface area contributed by atoms with E-state index in [1.807, 2.05) is 0 Å². The van der Waals surface area contributed by atoms with Crippen molar-refractivity contribution in [2.24, 2.45) is 0 Å². The molecule has 0 aromatic carbocycles. The minimum atomic E-state index is -1.78. The summed E-state index contributed by atoms with van der Waals surface area (Å²) in [6.45, 7) is 10.3. The first-order chi connectivity index (χ1) is 8.54. The standard InChI is InChI=1S/C12H15N3O3/c1-4-9(16)12(10(17)5-2)14-7-13-8-15(12)11(18)6-3/h4-6,13-14H,1-3,7-8H2. The minimum Gasteiger partial charge on any atom is -0.294 e. The molecule has 1 rings (SSSR count). The van der Waals surface area contributed by atoms with E-state index in [2.05, 4.69) is 30.4 Å². The second-order valence-electron chi connectivity index (χ2n) is 3.58. The highest BCUT2D eigenvalue weighted by molar-refractivity contribution is 6.20. The largest absolute Gasteiger partial charge is 0.294 e. The van der Waals surface area contributed by atoms with Gasteiger partial charge in [-0.2, -0.15) is 0 Å². The molecule has 2 N–H and O–H groups in total. The molecule has 0 bridgehead atoms. The summed E-state index contributed by atoms with van der Waals surface area (Å²) in [5.41, 5.74) is -1.78. The van der Waals surface area contributed by atoms with Gasteiger partial charge in [-0.1, -0.05) is 19.7 Å². The normalized spacial score (nSPS) is 17.7. The average molecular weight is 249 g/mol. The molecule has 0 atom stereocenters. The van der Waals surface area contributed by atoms with Crippen LogP contribution in [0.15, 0.2) is 38.0 Å². The summed E-state index contributed by atoms with van der Waals surface area (Å²) in [5, 5.41) is 5.54. The molecule has 18 heavy (non-hydrogen) atoms. The lowest BCUT2D eigenvalue weighted by molar-refractivity contribution is -0.154. The van der Waals surface area contributed by atoms with Gasteiger partial charge in [-0.15, -0.1) is 0 Å². The van der Waals surface area contributed by atoms with Crippen LogP contribution >= 0.6 is 0 Å². The van der Waals surface area contributed by atoms with Gasteiger partial charge in [0.2, 0.25) is 23.1 Å². The van der Waals surface area contributed by atoms with E-state index in [1.54, 1.807) is 0 Å². The van der Waals surface area contributed by atoms with Gasteiger partial charge >= 0.3 is 0 Å². The van der Waals surface area contributed by atoms with Crippen LogP contribution in [0.3, 0.4) is 0 Å². The molecule has 0 aromatic heterocycles. The number of rotatable bonds is 5. The predicted octanol–water partition coefficient (Wildman–Crippen LogP) is -0.685. The highest BCUT2D eigenvalue weighted by Gasteiger charge is 2.50. The second kappa shape index (κ2) is 5.52. The van der Waals surface area contributed by atoms with E-state index in [0.717, 1.165) is 23.1 Å². The minimum absolute atomic E-state index is 0.0526. The molecule has 1 fully saturated rings. The monoisotopic (exact) mass is 249 g/mol. The Bertz CT molecular complexity index is 408. The van der Waals surface area contributed by atoms with E-state index in [9.17, 15) is 14.4 Å². The predicted molar refractivity (Wildman–Crippen MR) is 66.2 cm³/mol. The number of ketones is 2. The molecule has 1 heterocycles. The Morgan fingerprint density at radius 3 is 2.06 bits per heavy atom. The van der Waals surface area contributed by atoms with E-state index in [4.69, 9.17) is 0 Å². The van der Waals surface area contributed by atoms with Crippen molar-refractivity contribution in [3.63, 3.8) is 0 Å². The van der Waals surface area contributed by atoms with Crippen molar-refractivity contribution in [1.29, 1.82) is 0 Å². The fourth-order valence-corrected chi connectivity index (χ4v) is 1.78. The maximum Gasteiger partial charge on any atom is 0.249 e. The van der Waals surface area contributed by atoms with Gasteiger partial charge < -0.3 is 0 Å². The van der Waals surface area contributed by atoms with Crippen molar-refractivity contribution in [2.45, 2.75) is 5.66 Å². The van der Waals surface area contributed by atoms with Crippen LogP contribution < -0.4 is 10.6 Å². The summed E-state index contributed by atoms with van der Waals surface area (Å²) < 4.78 is 0. The van der Waals surface area contributed by atoms with E-state index < -0.39 is 23.1 Å². The van der Waals surface area contributed by atoms with E-state index in [1.165, 1.54) is 0 Å². The first-order valence-corrected chi connectivity index (χ1v) is 5.28. The average Bonchev–Trinajstić information content (AvgIpc) is 2.44. The molecule has 1 amide bonds. The van der Waals surface area contributed by atoms with Crippen LogP contribution in [-0.4, -0.2) is 41.4 Å². The summed E-state index contributed by atoms with van der Waals surface area (Å²) >= 11 is 0. The van der Waals surface area contributed by atoms with Crippen LogP contribution in [0.5, 0.6) is 0 Å². The fourth-order valence-electron chi connectivity index (χ4n) is 1.78. The summed E-state index contributed by atoms with van der Waals surface area (Å²) in [7, 11) is 0. The van der Waals surface area contributed by atoms with Crippen molar-refractivity contribution >= 4 is 17.5 Å². The molecule has 6 nitrogen and oxygen atoms in total. The molecule has 1 saturated heterocycles. The zero-order valence-corrected chi connectivity index (χ0v) is 9.94. The summed E-state index contributed by atoms with van der Waals surface area (Å²) in [6, 6.07) is 0. The lowest BCUT2D eigenvalue weighted by Gasteiger charge is -2.43. The number of hydrogen-bond donors (Lipinski definition) is 2. The molecule has 1 aliphatic heterocycles. The Labute approximate surface area is 105 Å².